The summed E-state index contributed by atoms with van der Waals surface area (Å²) in [6, 6.07) is 20.3. The molecule has 26 heavy (non-hydrogen) atoms. The van der Waals surface area contributed by atoms with E-state index in [-0.39, 0.29) is 5.82 Å². The van der Waals surface area contributed by atoms with Crippen molar-refractivity contribution in [3.8, 4) is 17.6 Å². The van der Waals surface area contributed by atoms with E-state index in [1.165, 1.54) is 29.8 Å². The third-order valence-electron chi connectivity index (χ3n) is 3.86. The Kier molecular flexibility index (Phi) is 5.46. The molecule has 0 spiro atoms. The molecule has 3 rings (SSSR count). The molecule has 3 aromatic rings. The fraction of sp³-hybridized carbons (Fsp3) is 0.0870. The molecule has 0 fully saturated rings. The van der Waals surface area contributed by atoms with Gasteiger partial charge in [-0.25, -0.2) is 9.18 Å². The first-order valence-corrected chi connectivity index (χ1v) is 8.33. The Morgan fingerprint density at radius 2 is 1.38 bits per heavy atom. The normalized spacial score (nSPS) is 9.92. The van der Waals surface area contributed by atoms with Gasteiger partial charge in [0.2, 0.25) is 0 Å². The summed E-state index contributed by atoms with van der Waals surface area (Å²) >= 11 is 0. The lowest BCUT2D eigenvalue weighted by Crippen LogP contribution is -2.08. The number of halogens is 1. The second kappa shape index (κ2) is 8.13. The van der Waals surface area contributed by atoms with Gasteiger partial charge in [-0.1, -0.05) is 30.9 Å². The Bertz CT molecular complexity index is 944. The van der Waals surface area contributed by atoms with Crippen LogP contribution in [0, 0.1) is 17.7 Å². The van der Waals surface area contributed by atoms with E-state index in [1.54, 1.807) is 24.3 Å². The fourth-order valence-corrected chi connectivity index (χ4v) is 2.33. The van der Waals surface area contributed by atoms with Crippen LogP contribution in [0.2, 0.25) is 0 Å². The Hall–Kier alpha value is -3.38. The lowest BCUT2D eigenvalue weighted by molar-refractivity contribution is 0.0734. The molecule has 0 unspecified atom stereocenters. The lowest BCUT2D eigenvalue weighted by atomic mass is 10.1. The van der Waals surface area contributed by atoms with E-state index in [4.69, 9.17) is 4.74 Å². The van der Waals surface area contributed by atoms with E-state index in [0.717, 1.165) is 17.5 Å². The van der Waals surface area contributed by atoms with Crippen LogP contribution in [-0.4, -0.2) is 5.97 Å². The highest BCUT2D eigenvalue weighted by molar-refractivity contribution is 5.91. The summed E-state index contributed by atoms with van der Waals surface area (Å²) in [5.41, 5.74) is 3.44. The highest BCUT2D eigenvalue weighted by Crippen LogP contribution is 2.14. The minimum atomic E-state index is -0.494. The van der Waals surface area contributed by atoms with Crippen molar-refractivity contribution in [1.82, 2.24) is 0 Å². The number of hydrogen-bond acceptors (Lipinski definition) is 2. The van der Waals surface area contributed by atoms with Crippen LogP contribution in [0.1, 0.15) is 34.0 Å². The summed E-state index contributed by atoms with van der Waals surface area (Å²) < 4.78 is 18.1. The van der Waals surface area contributed by atoms with E-state index in [0.29, 0.717) is 11.3 Å². The van der Waals surface area contributed by atoms with Gasteiger partial charge in [-0.05, 0) is 72.6 Å². The van der Waals surface area contributed by atoms with Crippen molar-refractivity contribution in [2.75, 3.05) is 0 Å². The minimum Gasteiger partial charge on any atom is -0.423 e. The largest absolute Gasteiger partial charge is 0.423 e. The predicted molar refractivity (Wildman–Crippen MR) is 99.6 cm³/mol. The highest BCUT2D eigenvalue weighted by Gasteiger charge is 2.08. The lowest BCUT2D eigenvalue weighted by Gasteiger charge is -2.04. The van der Waals surface area contributed by atoms with Gasteiger partial charge in [0.1, 0.15) is 11.6 Å². The maximum Gasteiger partial charge on any atom is 0.343 e. The van der Waals surface area contributed by atoms with Gasteiger partial charge in [-0.3, -0.25) is 0 Å². The number of rotatable bonds is 3. The highest BCUT2D eigenvalue weighted by atomic mass is 19.1. The van der Waals surface area contributed by atoms with E-state index < -0.39 is 5.97 Å². The standard InChI is InChI=1S/C23H17FO2/c1-2-17-3-5-18(6-4-17)7-8-19-9-11-20(12-10-19)23(25)26-22-15-13-21(24)14-16-22/h3-6,9-16H,2H2,1H3. The van der Waals surface area contributed by atoms with E-state index >= 15 is 0 Å². The molecular weight excluding hydrogens is 327 g/mol. The monoisotopic (exact) mass is 344 g/mol. The number of esters is 1. The van der Waals surface area contributed by atoms with Crippen molar-refractivity contribution in [3.63, 3.8) is 0 Å². The SMILES string of the molecule is CCc1ccc(C#Cc2ccc(C(=O)Oc3ccc(F)cc3)cc2)cc1. The second-order valence-corrected chi connectivity index (χ2v) is 5.72. The molecule has 0 aliphatic carbocycles. The number of carbonyl (C=O) groups is 1. The first-order valence-electron chi connectivity index (χ1n) is 8.33. The van der Waals surface area contributed by atoms with Crippen LogP contribution >= 0.6 is 0 Å². The van der Waals surface area contributed by atoms with Crippen LogP contribution < -0.4 is 4.74 Å². The summed E-state index contributed by atoms with van der Waals surface area (Å²) in [6.45, 7) is 2.11. The molecule has 0 radical (unpaired) electrons. The Balaban J connectivity index is 1.67. The van der Waals surface area contributed by atoms with Gasteiger partial charge in [0.25, 0.3) is 0 Å². The quantitative estimate of drug-likeness (QED) is 0.379. The van der Waals surface area contributed by atoms with Crippen molar-refractivity contribution >= 4 is 5.97 Å². The number of benzene rings is 3. The summed E-state index contributed by atoms with van der Waals surface area (Å²) in [4.78, 5) is 12.1. The maximum absolute atomic E-state index is 12.9. The van der Waals surface area contributed by atoms with E-state index in [9.17, 15) is 9.18 Å². The summed E-state index contributed by atoms with van der Waals surface area (Å²) in [5.74, 6) is 5.61. The van der Waals surface area contributed by atoms with Gasteiger partial charge in [-0.15, -0.1) is 0 Å². The Morgan fingerprint density at radius 3 is 1.92 bits per heavy atom. The van der Waals surface area contributed by atoms with Gasteiger partial charge in [0, 0.05) is 11.1 Å². The van der Waals surface area contributed by atoms with Crippen LogP contribution in [0.15, 0.2) is 72.8 Å². The minimum absolute atomic E-state index is 0.302. The molecule has 0 heterocycles. The van der Waals surface area contributed by atoms with E-state index in [1.807, 2.05) is 12.1 Å². The summed E-state index contributed by atoms with van der Waals surface area (Å²) in [7, 11) is 0. The zero-order chi connectivity index (χ0) is 18.4. The molecule has 0 N–H and O–H groups in total. The van der Waals surface area contributed by atoms with Crippen LogP contribution in [0.4, 0.5) is 4.39 Å². The van der Waals surface area contributed by atoms with Crippen LogP contribution in [-0.2, 0) is 6.42 Å². The molecule has 0 aromatic heterocycles. The average molecular weight is 344 g/mol. The molecule has 128 valence electrons. The van der Waals surface area contributed by atoms with E-state index in [2.05, 4.69) is 30.9 Å². The zero-order valence-corrected chi connectivity index (χ0v) is 14.3. The smallest absolute Gasteiger partial charge is 0.343 e. The van der Waals surface area contributed by atoms with Crippen molar-refractivity contribution in [2.45, 2.75) is 13.3 Å². The van der Waals surface area contributed by atoms with Gasteiger partial charge in [0.15, 0.2) is 0 Å². The number of carbonyl (C=O) groups excluding carboxylic acids is 1. The van der Waals surface area contributed by atoms with Crippen LogP contribution in [0.25, 0.3) is 0 Å². The van der Waals surface area contributed by atoms with Gasteiger partial charge in [-0.2, -0.15) is 0 Å². The summed E-state index contributed by atoms with van der Waals surface area (Å²) in [6.07, 6.45) is 1.00. The Labute approximate surface area is 152 Å². The third-order valence-corrected chi connectivity index (χ3v) is 3.86. The first kappa shape index (κ1) is 17.4. The molecule has 0 aliphatic rings. The Morgan fingerprint density at radius 1 is 0.846 bits per heavy atom. The zero-order valence-electron chi connectivity index (χ0n) is 14.3. The molecule has 0 aliphatic heterocycles. The molecular formula is C23H17FO2. The molecule has 3 heteroatoms. The summed E-state index contributed by atoms with van der Waals surface area (Å²) in [5, 5.41) is 0. The average Bonchev–Trinajstić information content (AvgIpc) is 2.69. The number of aryl methyl sites for hydroxylation is 1. The molecule has 0 saturated heterocycles. The molecule has 0 amide bonds. The maximum atomic E-state index is 12.9. The molecule has 3 aromatic carbocycles. The number of ether oxygens (including phenoxy) is 1. The fourth-order valence-electron chi connectivity index (χ4n) is 2.33. The van der Waals surface area contributed by atoms with Crippen molar-refractivity contribution in [1.29, 1.82) is 0 Å². The molecule has 2 nitrogen and oxygen atoms in total. The second-order valence-electron chi connectivity index (χ2n) is 5.72. The van der Waals surface area contributed by atoms with Crippen molar-refractivity contribution in [2.24, 2.45) is 0 Å². The molecule has 0 saturated carbocycles. The topological polar surface area (TPSA) is 26.3 Å². The number of hydrogen-bond donors (Lipinski definition) is 0. The van der Waals surface area contributed by atoms with Crippen molar-refractivity contribution in [3.05, 3.63) is 101 Å². The van der Waals surface area contributed by atoms with Crippen LogP contribution in [0.5, 0.6) is 5.75 Å². The van der Waals surface area contributed by atoms with Crippen LogP contribution in [0.3, 0.4) is 0 Å². The van der Waals surface area contributed by atoms with Crippen molar-refractivity contribution < 1.29 is 13.9 Å². The molecule has 0 bridgehead atoms. The van der Waals surface area contributed by atoms with Gasteiger partial charge < -0.3 is 4.74 Å². The third kappa shape index (κ3) is 4.58. The predicted octanol–water partition coefficient (Wildman–Crippen LogP) is 5.01. The van der Waals surface area contributed by atoms with Gasteiger partial charge in [0.05, 0.1) is 5.56 Å². The first-order chi connectivity index (χ1) is 12.6. The molecule has 0 atom stereocenters. The van der Waals surface area contributed by atoms with Gasteiger partial charge >= 0.3 is 5.97 Å².